The van der Waals surface area contributed by atoms with Crippen LogP contribution in [0.1, 0.15) is 31.9 Å². The number of sulfonamides is 1. The number of nitrogens with zero attached hydrogens (tertiary/aromatic N) is 2. The molecule has 1 N–H and O–H groups in total. The Kier molecular flexibility index (Phi) is 10.1. The fourth-order valence-corrected chi connectivity index (χ4v) is 5.42. The minimum atomic E-state index is -4.13. The van der Waals surface area contributed by atoms with E-state index in [1.165, 1.54) is 24.1 Å². The molecule has 0 aliphatic rings. The molecule has 0 saturated heterocycles. The van der Waals surface area contributed by atoms with Crippen molar-refractivity contribution in [2.45, 2.75) is 45.2 Å². The number of nitrogens with one attached hydrogen (secondary N) is 1. The highest BCUT2D eigenvalue weighted by molar-refractivity contribution is 7.92. The van der Waals surface area contributed by atoms with E-state index in [0.29, 0.717) is 18.0 Å². The summed E-state index contributed by atoms with van der Waals surface area (Å²) >= 11 is 0. The molecule has 3 aromatic carbocycles. The van der Waals surface area contributed by atoms with Crippen molar-refractivity contribution >= 4 is 27.5 Å². The van der Waals surface area contributed by atoms with Gasteiger partial charge in [0.2, 0.25) is 11.8 Å². The molecule has 3 aromatic rings. The van der Waals surface area contributed by atoms with E-state index in [2.05, 4.69) is 5.32 Å². The third kappa shape index (κ3) is 7.60. The molecule has 1 atom stereocenters. The van der Waals surface area contributed by atoms with Gasteiger partial charge in [0.1, 0.15) is 18.3 Å². The van der Waals surface area contributed by atoms with E-state index in [1.807, 2.05) is 45.0 Å². The summed E-state index contributed by atoms with van der Waals surface area (Å²) in [5, 5.41) is 2.89. The molecule has 208 valence electrons. The average Bonchev–Trinajstić information content (AvgIpc) is 2.94. The lowest BCUT2D eigenvalue weighted by molar-refractivity contribution is -0.139. The van der Waals surface area contributed by atoms with Gasteiger partial charge in [-0.25, -0.2) is 8.42 Å². The number of hydrogen-bond donors (Lipinski definition) is 1. The van der Waals surface area contributed by atoms with Crippen LogP contribution >= 0.6 is 0 Å². The number of amides is 2. The highest BCUT2D eigenvalue weighted by atomic mass is 32.2. The molecule has 2 amide bonds. The van der Waals surface area contributed by atoms with E-state index in [1.54, 1.807) is 49.4 Å². The van der Waals surface area contributed by atoms with Crippen LogP contribution in [0.2, 0.25) is 0 Å². The minimum absolute atomic E-state index is 0.0214. The summed E-state index contributed by atoms with van der Waals surface area (Å²) in [4.78, 5) is 28.4. The van der Waals surface area contributed by atoms with Gasteiger partial charge >= 0.3 is 0 Å². The first kappa shape index (κ1) is 29.7. The highest BCUT2D eigenvalue weighted by Crippen LogP contribution is 2.26. The smallest absolute Gasteiger partial charge is 0.264 e. The molecule has 3 rings (SSSR count). The number of benzene rings is 3. The summed E-state index contributed by atoms with van der Waals surface area (Å²) in [6.07, 6.45) is 0. The normalized spacial score (nSPS) is 12.1. The number of anilines is 1. The fraction of sp³-hybridized carbons (Fsp3) is 0.333. The summed E-state index contributed by atoms with van der Waals surface area (Å²) in [5.74, 6) is -0.0342. The molecule has 0 spiro atoms. The fourth-order valence-electron chi connectivity index (χ4n) is 4.00. The van der Waals surface area contributed by atoms with Gasteiger partial charge in [0, 0.05) is 13.1 Å². The van der Waals surface area contributed by atoms with E-state index in [-0.39, 0.29) is 23.3 Å². The van der Waals surface area contributed by atoms with Gasteiger partial charge < -0.3 is 15.0 Å². The number of hydrogen-bond acceptors (Lipinski definition) is 5. The van der Waals surface area contributed by atoms with Gasteiger partial charge in [0.05, 0.1) is 17.7 Å². The summed E-state index contributed by atoms with van der Waals surface area (Å²) in [7, 11) is -2.63. The highest BCUT2D eigenvalue weighted by Gasteiger charge is 2.32. The quantitative estimate of drug-likeness (QED) is 0.360. The zero-order chi connectivity index (χ0) is 28.6. The lowest BCUT2D eigenvalue weighted by Gasteiger charge is -2.32. The first-order chi connectivity index (χ1) is 18.5. The first-order valence-electron chi connectivity index (χ1n) is 12.9. The largest absolute Gasteiger partial charge is 0.497 e. The van der Waals surface area contributed by atoms with E-state index >= 15 is 0 Å². The Bertz CT molecular complexity index is 1360. The lowest BCUT2D eigenvalue weighted by Crippen LogP contribution is -2.51. The van der Waals surface area contributed by atoms with Crippen molar-refractivity contribution in [2.24, 2.45) is 5.92 Å². The van der Waals surface area contributed by atoms with E-state index in [9.17, 15) is 18.0 Å². The van der Waals surface area contributed by atoms with Crippen molar-refractivity contribution in [3.63, 3.8) is 0 Å². The van der Waals surface area contributed by atoms with Crippen molar-refractivity contribution in [2.75, 3.05) is 24.5 Å². The molecular formula is C30H37N3O5S. The molecule has 0 fully saturated rings. The lowest BCUT2D eigenvalue weighted by atomic mass is 10.1. The number of carbonyl (C=O) groups excluding carboxylic acids is 2. The van der Waals surface area contributed by atoms with Crippen LogP contribution in [0.3, 0.4) is 0 Å². The van der Waals surface area contributed by atoms with Gasteiger partial charge in [-0.3, -0.25) is 13.9 Å². The van der Waals surface area contributed by atoms with Crippen molar-refractivity contribution in [3.8, 4) is 5.75 Å². The Labute approximate surface area is 231 Å². The van der Waals surface area contributed by atoms with Crippen LogP contribution < -0.4 is 14.4 Å². The predicted octanol–water partition coefficient (Wildman–Crippen LogP) is 4.39. The Hall–Kier alpha value is -3.85. The van der Waals surface area contributed by atoms with Crippen LogP contribution in [0.5, 0.6) is 5.75 Å². The predicted molar refractivity (Wildman–Crippen MR) is 153 cm³/mol. The topological polar surface area (TPSA) is 96.0 Å². The van der Waals surface area contributed by atoms with Crippen LogP contribution in [0.25, 0.3) is 0 Å². The monoisotopic (exact) mass is 551 g/mol. The van der Waals surface area contributed by atoms with Crippen LogP contribution in [0.4, 0.5) is 5.69 Å². The van der Waals surface area contributed by atoms with Gasteiger partial charge in [-0.05, 0) is 67.3 Å². The molecule has 0 heterocycles. The molecule has 0 aliphatic heterocycles. The van der Waals surface area contributed by atoms with Gasteiger partial charge in [0.25, 0.3) is 10.0 Å². The first-order valence-corrected chi connectivity index (χ1v) is 14.3. The van der Waals surface area contributed by atoms with Crippen molar-refractivity contribution in [3.05, 3.63) is 90.0 Å². The standard InChI is InChI=1S/C30H37N3O5S/c1-22(2)19-31-30(35)24(4)32(20-25-12-10-9-11-23(25)3)29(34)21-33(26-13-7-6-8-14-26)39(36,37)28-17-15-27(38-5)16-18-28/h6-18,22,24H,19-21H2,1-5H3,(H,31,35). The minimum Gasteiger partial charge on any atom is -0.497 e. The second kappa shape index (κ2) is 13.3. The summed E-state index contributed by atoms with van der Waals surface area (Å²) in [6, 6.07) is 21.3. The number of rotatable bonds is 12. The van der Waals surface area contributed by atoms with Crippen LogP contribution in [0.15, 0.2) is 83.8 Å². The van der Waals surface area contributed by atoms with Crippen LogP contribution in [-0.4, -0.2) is 51.4 Å². The van der Waals surface area contributed by atoms with E-state index < -0.39 is 28.5 Å². The molecule has 0 radical (unpaired) electrons. The number of para-hydroxylation sites is 1. The SMILES string of the molecule is COc1ccc(S(=O)(=O)N(CC(=O)N(Cc2ccccc2C)C(C)C(=O)NCC(C)C)c2ccccc2)cc1. The molecular weight excluding hydrogens is 514 g/mol. The molecule has 9 heteroatoms. The van der Waals surface area contributed by atoms with E-state index in [4.69, 9.17) is 4.74 Å². The van der Waals surface area contributed by atoms with Crippen molar-refractivity contribution in [1.29, 1.82) is 0 Å². The Morgan fingerprint density at radius 2 is 1.51 bits per heavy atom. The number of ether oxygens (including phenoxy) is 1. The summed E-state index contributed by atoms with van der Waals surface area (Å²) in [6.45, 7) is 7.73. The van der Waals surface area contributed by atoms with Gasteiger partial charge in [0.15, 0.2) is 0 Å². The third-order valence-corrected chi connectivity index (χ3v) is 8.21. The zero-order valence-corrected chi connectivity index (χ0v) is 23.9. The second-order valence-electron chi connectivity index (χ2n) is 9.79. The Morgan fingerprint density at radius 3 is 2.10 bits per heavy atom. The maximum absolute atomic E-state index is 13.9. The number of aryl methyl sites for hydroxylation is 1. The van der Waals surface area contributed by atoms with Gasteiger partial charge in [-0.2, -0.15) is 0 Å². The van der Waals surface area contributed by atoms with Crippen molar-refractivity contribution in [1.82, 2.24) is 10.2 Å². The molecule has 39 heavy (non-hydrogen) atoms. The number of methoxy groups -OCH3 is 1. The molecule has 1 unspecified atom stereocenters. The third-order valence-electron chi connectivity index (χ3n) is 6.42. The molecule has 0 bridgehead atoms. The van der Waals surface area contributed by atoms with Crippen LogP contribution in [-0.2, 0) is 26.2 Å². The average molecular weight is 552 g/mol. The maximum Gasteiger partial charge on any atom is 0.264 e. The summed E-state index contributed by atoms with van der Waals surface area (Å²) in [5.41, 5.74) is 2.18. The van der Waals surface area contributed by atoms with Gasteiger partial charge in [-0.1, -0.05) is 56.3 Å². The molecule has 0 aromatic heterocycles. The zero-order valence-electron chi connectivity index (χ0n) is 23.1. The molecule has 0 aliphatic carbocycles. The molecule has 0 saturated carbocycles. The van der Waals surface area contributed by atoms with Crippen molar-refractivity contribution < 1.29 is 22.7 Å². The Morgan fingerprint density at radius 1 is 0.897 bits per heavy atom. The van der Waals surface area contributed by atoms with Gasteiger partial charge in [-0.15, -0.1) is 0 Å². The van der Waals surface area contributed by atoms with E-state index in [0.717, 1.165) is 15.4 Å². The summed E-state index contributed by atoms with van der Waals surface area (Å²) < 4.78 is 33.9. The maximum atomic E-state index is 13.9. The Balaban J connectivity index is 1.99. The molecule has 8 nitrogen and oxygen atoms in total. The number of carbonyl (C=O) groups is 2. The second-order valence-corrected chi connectivity index (χ2v) is 11.6. The van der Waals surface area contributed by atoms with Crippen LogP contribution in [0, 0.1) is 12.8 Å².